The van der Waals surface area contributed by atoms with Gasteiger partial charge in [-0.3, -0.25) is 9.80 Å². The van der Waals surface area contributed by atoms with Crippen molar-refractivity contribution in [2.45, 2.75) is 18.9 Å². The lowest BCUT2D eigenvalue weighted by atomic mass is 9.92. The fourth-order valence-corrected chi connectivity index (χ4v) is 5.67. The molecule has 1 aromatic heterocycles. The molecule has 202 valence electrons. The number of H-pyrrole nitrogens is 1. The third kappa shape index (κ3) is 5.76. The summed E-state index contributed by atoms with van der Waals surface area (Å²) in [5.74, 6) is 1.34. The van der Waals surface area contributed by atoms with Crippen molar-refractivity contribution in [1.82, 2.24) is 14.8 Å². The van der Waals surface area contributed by atoms with Crippen molar-refractivity contribution in [1.29, 1.82) is 0 Å². The number of aromatic nitrogens is 1. The van der Waals surface area contributed by atoms with E-state index in [0.717, 1.165) is 67.2 Å². The quantitative estimate of drug-likeness (QED) is 0.286. The normalized spacial score (nSPS) is 17.7. The molecule has 7 nitrogen and oxygen atoms in total. The van der Waals surface area contributed by atoms with E-state index >= 15 is 0 Å². The van der Waals surface area contributed by atoms with E-state index in [9.17, 15) is 4.79 Å². The van der Waals surface area contributed by atoms with Gasteiger partial charge in [0, 0.05) is 47.8 Å². The van der Waals surface area contributed by atoms with Gasteiger partial charge in [0.15, 0.2) is 0 Å². The fourth-order valence-electron chi connectivity index (χ4n) is 5.50. The summed E-state index contributed by atoms with van der Waals surface area (Å²) in [6.45, 7) is 5.79. The van der Waals surface area contributed by atoms with Crippen LogP contribution in [0.25, 0.3) is 10.9 Å². The minimum atomic E-state index is -0.378. The molecule has 1 amide bonds. The highest BCUT2D eigenvalue weighted by atomic mass is 35.5. The van der Waals surface area contributed by atoms with Crippen molar-refractivity contribution in [2.75, 3.05) is 46.0 Å². The Bertz CT molecular complexity index is 1420. The number of halogens is 1. The number of benzene rings is 3. The molecule has 0 saturated carbocycles. The number of para-hydroxylation sites is 1. The maximum atomic E-state index is 13.4. The van der Waals surface area contributed by atoms with Gasteiger partial charge >= 0.3 is 6.09 Å². The molecule has 8 heteroatoms. The molecule has 2 aliphatic rings. The smallest absolute Gasteiger partial charge is 0.416 e. The fraction of sp³-hybridized carbons (Fsp3) is 0.323. The highest BCUT2D eigenvalue weighted by Gasteiger charge is 2.35. The van der Waals surface area contributed by atoms with Crippen LogP contribution >= 0.6 is 11.6 Å². The van der Waals surface area contributed by atoms with Crippen LogP contribution in [-0.4, -0.2) is 66.9 Å². The average Bonchev–Trinajstić information content (AvgIpc) is 3.34. The number of nitrogens with zero attached hydrogens (tertiary/aromatic N) is 2. The van der Waals surface area contributed by atoms with Crippen LogP contribution in [0.15, 0.2) is 72.8 Å². The molecule has 4 aromatic rings. The summed E-state index contributed by atoms with van der Waals surface area (Å²) in [5.41, 5.74) is 4.17. The van der Waals surface area contributed by atoms with Crippen LogP contribution in [0.1, 0.15) is 29.3 Å². The highest BCUT2D eigenvalue weighted by Crippen LogP contribution is 2.40. The summed E-state index contributed by atoms with van der Waals surface area (Å²) in [7, 11) is 0. The number of ether oxygens (including phenoxy) is 3. The number of hydrogen-bond donors (Lipinski definition) is 1. The van der Waals surface area contributed by atoms with Crippen molar-refractivity contribution in [3.63, 3.8) is 0 Å². The van der Waals surface area contributed by atoms with E-state index in [0.29, 0.717) is 30.3 Å². The Morgan fingerprint density at radius 3 is 2.56 bits per heavy atom. The zero-order valence-electron chi connectivity index (χ0n) is 21.8. The Morgan fingerprint density at radius 2 is 1.77 bits per heavy atom. The molecule has 1 atom stereocenters. The van der Waals surface area contributed by atoms with Gasteiger partial charge in [-0.1, -0.05) is 41.9 Å². The van der Waals surface area contributed by atoms with E-state index in [1.54, 1.807) is 17.0 Å². The molecule has 0 aliphatic carbocycles. The summed E-state index contributed by atoms with van der Waals surface area (Å²) >= 11 is 6.33. The minimum Gasteiger partial charge on any atom is -0.494 e. The summed E-state index contributed by atoms with van der Waals surface area (Å²) < 4.78 is 17.2. The molecule has 0 radical (unpaired) electrons. The molecule has 0 spiro atoms. The zero-order valence-corrected chi connectivity index (χ0v) is 22.5. The lowest BCUT2D eigenvalue weighted by Crippen LogP contribution is -2.42. The van der Waals surface area contributed by atoms with Crippen LogP contribution in [-0.2, 0) is 11.2 Å². The van der Waals surface area contributed by atoms with Crippen LogP contribution in [0.4, 0.5) is 4.79 Å². The third-order valence-electron chi connectivity index (χ3n) is 7.46. The van der Waals surface area contributed by atoms with Crippen LogP contribution < -0.4 is 9.47 Å². The van der Waals surface area contributed by atoms with Crippen LogP contribution in [0.5, 0.6) is 11.5 Å². The summed E-state index contributed by atoms with van der Waals surface area (Å²) in [5, 5.41) is 1.79. The molecule has 1 saturated heterocycles. The van der Waals surface area contributed by atoms with Gasteiger partial charge in [0.05, 0.1) is 19.8 Å². The van der Waals surface area contributed by atoms with Crippen LogP contribution in [0.2, 0.25) is 5.02 Å². The third-order valence-corrected chi connectivity index (χ3v) is 7.69. The van der Waals surface area contributed by atoms with Gasteiger partial charge in [-0.05, 0) is 66.4 Å². The molecule has 1 N–H and O–H groups in total. The van der Waals surface area contributed by atoms with E-state index in [4.69, 9.17) is 25.8 Å². The number of rotatable bonds is 7. The van der Waals surface area contributed by atoms with Crippen molar-refractivity contribution in [3.05, 3.63) is 94.6 Å². The summed E-state index contributed by atoms with van der Waals surface area (Å²) in [6.07, 6.45) is 1.29. The first-order valence-electron chi connectivity index (χ1n) is 13.5. The second-order valence-electron chi connectivity index (χ2n) is 9.96. The van der Waals surface area contributed by atoms with Gasteiger partial charge in [0.25, 0.3) is 0 Å². The molecule has 2 aliphatic heterocycles. The van der Waals surface area contributed by atoms with Crippen molar-refractivity contribution < 1.29 is 19.0 Å². The van der Waals surface area contributed by atoms with Gasteiger partial charge in [0.2, 0.25) is 0 Å². The van der Waals surface area contributed by atoms with Crippen molar-refractivity contribution in [2.24, 2.45) is 0 Å². The van der Waals surface area contributed by atoms with E-state index < -0.39 is 0 Å². The maximum Gasteiger partial charge on any atom is 0.416 e. The number of fused-ring (bicyclic) bond motifs is 3. The first kappa shape index (κ1) is 25.7. The number of amides is 1. The number of nitrogens with one attached hydrogen (secondary N) is 1. The Kier molecular flexibility index (Phi) is 7.72. The first-order chi connectivity index (χ1) is 19.2. The largest absolute Gasteiger partial charge is 0.494 e. The van der Waals surface area contributed by atoms with Gasteiger partial charge in [-0.25, -0.2) is 4.79 Å². The molecule has 3 aromatic carbocycles. The minimum absolute atomic E-state index is 0.327. The van der Waals surface area contributed by atoms with E-state index in [-0.39, 0.29) is 12.1 Å². The van der Waals surface area contributed by atoms with E-state index in [2.05, 4.69) is 9.88 Å². The second-order valence-corrected chi connectivity index (χ2v) is 10.4. The van der Waals surface area contributed by atoms with Crippen molar-refractivity contribution >= 4 is 28.6 Å². The molecule has 6 rings (SSSR count). The summed E-state index contributed by atoms with van der Waals surface area (Å²) in [6, 6.07) is 22.8. The SMILES string of the molecule is O=C(Oc1ccccc1)N1CCc2c([nH]c3ccc(Cl)cc23)C1c1ccc(OCCCN2CCOCC2)cc1. The van der Waals surface area contributed by atoms with Gasteiger partial charge in [-0.15, -0.1) is 0 Å². The Balaban J connectivity index is 1.22. The van der Waals surface area contributed by atoms with Gasteiger partial charge in [0.1, 0.15) is 17.5 Å². The van der Waals surface area contributed by atoms with Crippen LogP contribution in [0.3, 0.4) is 0 Å². The topological polar surface area (TPSA) is 67.0 Å². The van der Waals surface area contributed by atoms with Crippen molar-refractivity contribution in [3.8, 4) is 11.5 Å². The number of morpholine rings is 1. The Hall–Kier alpha value is -3.52. The van der Waals surface area contributed by atoms with E-state index in [1.165, 1.54) is 5.56 Å². The van der Waals surface area contributed by atoms with Gasteiger partial charge < -0.3 is 19.2 Å². The lowest BCUT2D eigenvalue weighted by molar-refractivity contribution is 0.0358. The number of aromatic amines is 1. The molecule has 39 heavy (non-hydrogen) atoms. The predicted octanol–water partition coefficient (Wildman–Crippen LogP) is 6.07. The molecule has 1 fully saturated rings. The summed E-state index contributed by atoms with van der Waals surface area (Å²) in [4.78, 5) is 21.2. The monoisotopic (exact) mass is 545 g/mol. The predicted molar refractivity (Wildman–Crippen MR) is 152 cm³/mol. The highest BCUT2D eigenvalue weighted by molar-refractivity contribution is 6.31. The molecule has 1 unspecified atom stereocenters. The Morgan fingerprint density at radius 1 is 0.974 bits per heavy atom. The Labute approximate surface area is 233 Å². The van der Waals surface area contributed by atoms with Gasteiger partial charge in [-0.2, -0.15) is 0 Å². The molecular formula is C31H32ClN3O4. The number of hydrogen-bond acceptors (Lipinski definition) is 5. The average molecular weight is 546 g/mol. The van der Waals surface area contributed by atoms with E-state index in [1.807, 2.05) is 60.7 Å². The second kappa shape index (κ2) is 11.7. The lowest BCUT2D eigenvalue weighted by Gasteiger charge is -2.35. The number of carbonyl (C=O) groups is 1. The zero-order chi connectivity index (χ0) is 26.6. The molecular weight excluding hydrogens is 514 g/mol. The maximum absolute atomic E-state index is 13.4. The molecule has 0 bridgehead atoms. The number of carbonyl (C=O) groups excluding carboxylic acids is 1. The van der Waals surface area contributed by atoms with Crippen LogP contribution in [0, 0.1) is 0 Å². The standard InChI is InChI=1S/C31H32ClN3O4/c32-23-9-12-28-27(21-23)26-13-15-35(31(36)39-25-5-2-1-3-6-25)30(29(26)33-28)22-7-10-24(11-8-22)38-18-4-14-34-16-19-37-20-17-34/h1-3,5-12,21,30,33H,4,13-20H2. The molecule has 3 heterocycles. The first-order valence-corrected chi connectivity index (χ1v) is 13.9.